The fraction of sp³-hybridized carbons (Fsp3) is 0.714. The third kappa shape index (κ3) is 4.58. The van der Waals surface area contributed by atoms with Gasteiger partial charge in [-0.1, -0.05) is 27.7 Å². The zero-order valence-electron chi connectivity index (χ0n) is 12.8. The molecule has 114 valence electrons. The maximum absolute atomic E-state index is 12.4. The van der Waals surface area contributed by atoms with Crippen molar-refractivity contribution in [2.75, 3.05) is 23.7 Å². The first-order valence-electron chi connectivity index (χ1n) is 6.90. The van der Waals surface area contributed by atoms with Gasteiger partial charge >= 0.3 is 0 Å². The van der Waals surface area contributed by atoms with Crippen LogP contribution in [-0.4, -0.2) is 29.5 Å². The predicted molar refractivity (Wildman–Crippen MR) is 78.7 cm³/mol. The fourth-order valence-electron chi connectivity index (χ4n) is 1.61. The topological polar surface area (TPSA) is 49.8 Å². The molecule has 1 heterocycles. The molecule has 0 aliphatic heterocycles. The van der Waals surface area contributed by atoms with Gasteiger partial charge in [0.15, 0.2) is 0 Å². The van der Waals surface area contributed by atoms with Gasteiger partial charge in [-0.2, -0.15) is 0 Å². The Morgan fingerprint density at radius 3 is 2.10 bits per heavy atom. The summed E-state index contributed by atoms with van der Waals surface area (Å²) in [5.41, 5.74) is 0.532. The second-order valence-electron chi connectivity index (χ2n) is 5.82. The van der Waals surface area contributed by atoms with Crippen LogP contribution < -0.4 is 10.6 Å². The summed E-state index contributed by atoms with van der Waals surface area (Å²) in [6.45, 7) is 10.3. The van der Waals surface area contributed by atoms with Crippen LogP contribution in [0.25, 0.3) is 0 Å². The maximum atomic E-state index is 12.4. The second kappa shape index (κ2) is 6.81. The van der Waals surface area contributed by atoms with Crippen LogP contribution in [0, 0.1) is 6.92 Å². The van der Waals surface area contributed by atoms with Crippen LogP contribution in [0.3, 0.4) is 0 Å². The summed E-state index contributed by atoms with van der Waals surface area (Å²) in [6.07, 6.45) is -1.44. The number of aromatic nitrogens is 2. The van der Waals surface area contributed by atoms with Gasteiger partial charge in [-0.05, 0) is 13.3 Å². The Labute approximate surface area is 119 Å². The maximum Gasteiger partial charge on any atom is 0.255 e. The van der Waals surface area contributed by atoms with Crippen LogP contribution in [0.1, 0.15) is 45.5 Å². The number of alkyl halides is 2. The van der Waals surface area contributed by atoms with E-state index in [-0.39, 0.29) is 5.41 Å². The molecule has 0 amide bonds. The molecular formula is C14H24F2N4. The lowest BCUT2D eigenvalue weighted by Crippen LogP contribution is -2.21. The largest absolute Gasteiger partial charge is 0.370 e. The minimum Gasteiger partial charge on any atom is -0.370 e. The van der Waals surface area contributed by atoms with Crippen LogP contribution in [-0.2, 0) is 5.41 Å². The molecule has 0 aromatic carbocycles. The first-order chi connectivity index (χ1) is 9.25. The van der Waals surface area contributed by atoms with Crippen molar-refractivity contribution in [2.45, 2.75) is 52.9 Å². The summed E-state index contributed by atoms with van der Waals surface area (Å²) >= 11 is 0. The molecular weight excluding hydrogens is 262 g/mol. The van der Waals surface area contributed by atoms with E-state index in [0.717, 1.165) is 18.5 Å². The Kier molecular flexibility index (Phi) is 5.65. The van der Waals surface area contributed by atoms with E-state index in [2.05, 4.69) is 27.5 Å². The second-order valence-corrected chi connectivity index (χ2v) is 5.82. The van der Waals surface area contributed by atoms with Gasteiger partial charge in [-0.15, -0.1) is 0 Å². The number of hydrogen-bond acceptors (Lipinski definition) is 4. The van der Waals surface area contributed by atoms with E-state index in [9.17, 15) is 8.78 Å². The molecule has 0 aliphatic rings. The van der Waals surface area contributed by atoms with Crippen molar-refractivity contribution in [1.82, 2.24) is 9.97 Å². The lowest BCUT2D eigenvalue weighted by atomic mass is 9.95. The monoisotopic (exact) mass is 286 g/mol. The summed E-state index contributed by atoms with van der Waals surface area (Å²) in [6, 6.07) is 0. The molecule has 0 atom stereocenters. The average molecular weight is 286 g/mol. The Hall–Kier alpha value is -1.46. The van der Waals surface area contributed by atoms with E-state index >= 15 is 0 Å². The van der Waals surface area contributed by atoms with Gasteiger partial charge in [-0.25, -0.2) is 18.7 Å². The van der Waals surface area contributed by atoms with Gasteiger partial charge in [0.1, 0.15) is 17.5 Å². The van der Waals surface area contributed by atoms with Gasteiger partial charge in [0.2, 0.25) is 0 Å². The molecule has 0 saturated carbocycles. The third-order valence-corrected chi connectivity index (χ3v) is 2.78. The van der Waals surface area contributed by atoms with Crippen LogP contribution in [0.2, 0.25) is 0 Å². The number of nitrogens with zero attached hydrogens (tertiary/aromatic N) is 2. The third-order valence-electron chi connectivity index (χ3n) is 2.78. The molecule has 0 bridgehead atoms. The van der Waals surface area contributed by atoms with E-state index in [4.69, 9.17) is 0 Å². The first kappa shape index (κ1) is 16.6. The summed E-state index contributed by atoms with van der Waals surface area (Å²) in [7, 11) is 0. The zero-order chi connectivity index (χ0) is 15.3. The summed E-state index contributed by atoms with van der Waals surface area (Å²) < 4.78 is 24.7. The smallest absolute Gasteiger partial charge is 0.255 e. The molecule has 20 heavy (non-hydrogen) atoms. The molecule has 0 saturated heterocycles. The van der Waals surface area contributed by atoms with E-state index in [1.807, 2.05) is 27.7 Å². The molecule has 0 unspecified atom stereocenters. The number of hydrogen-bond donors (Lipinski definition) is 2. The van der Waals surface area contributed by atoms with E-state index in [1.54, 1.807) is 0 Å². The average Bonchev–Trinajstić information content (AvgIpc) is 2.34. The van der Waals surface area contributed by atoms with Crippen molar-refractivity contribution in [3.8, 4) is 0 Å². The highest BCUT2D eigenvalue weighted by Gasteiger charge is 2.21. The molecule has 2 N–H and O–H groups in total. The van der Waals surface area contributed by atoms with Crippen molar-refractivity contribution in [3.63, 3.8) is 0 Å². The number of halogens is 2. The highest BCUT2D eigenvalue weighted by atomic mass is 19.3. The SMILES string of the molecule is CCCNc1nc(C(C)(C)C)nc(NCC(F)F)c1C. The minimum absolute atomic E-state index is 0.238. The van der Waals surface area contributed by atoms with Crippen molar-refractivity contribution in [1.29, 1.82) is 0 Å². The Morgan fingerprint density at radius 1 is 1.10 bits per heavy atom. The lowest BCUT2D eigenvalue weighted by Gasteiger charge is -2.21. The molecule has 1 aromatic heterocycles. The van der Waals surface area contributed by atoms with Crippen molar-refractivity contribution in [3.05, 3.63) is 11.4 Å². The van der Waals surface area contributed by atoms with Crippen molar-refractivity contribution >= 4 is 11.6 Å². The van der Waals surface area contributed by atoms with Crippen LogP contribution in [0.5, 0.6) is 0 Å². The normalized spacial score (nSPS) is 11.8. The van der Waals surface area contributed by atoms with Crippen molar-refractivity contribution < 1.29 is 8.78 Å². The number of anilines is 2. The molecule has 0 spiro atoms. The number of rotatable bonds is 6. The zero-order valence-corrected chi connectivity index (χ0v) is 12.8. The van der Waals surface area contributed by atoms with Gasteiger partial charge in [0.05, 0.1) is 6.54 Å². The molecule has 0 aliphatic carbocycles. The Balaban J connectivity index is 3.13. The van der Waals surface area contributed by atoms with E-state index in [1.165, 1.54) is 0 Å². The molecule has 6 heteroatoms. The summed E-state index contributed by atoms with van der Waals surface area (Å²) in [5, 5.41) is 5.93. The van der Waals surface area contributed by atoms with Crippen LogP contribution in [0.15, 0.2) is 0 Å². The van der Waals surface area contributed by atoms with E-state index in [0.29, 0.717) is 17.5 Å². The standard InChI is InChI=1S/C14H24F2N4/c1-6-7-17-11-9(2)12(18-8-10(15)16)20-13(19-11)14(3,4)5/h10H,6-8H2,1-5H3,(H2,17,18,19,20). The van der Waals surface area contributed by atoms with Gasteiger partial charge in [-0.3, -0.25) is 0 Å². The molecule has 0 fully saturated rings. The quantitative estimate of drug-likeness (QED) is 0.839. The Morgan fingerprint density at radius 2 is 1.65 bits per heavy atom. The highest BCUT2D eigenvalue weighted by Crippen LogP contribution is 2.26. The first-order valence-corrected chi connectivity index (χ1v) is 6.90. The predicted octanol–water partition coefficient (Wildman–Crippen LogP) is 3.58. The Bertz CT molecular complexity index is 442. The number of nitrogens with one attached hydrogen (secondary N) is 2. The van der Waals surface area contributed by atoms with Gasteiger partial charge in [0.25, 0.3) is 6.43 Å². The lowest BCUT2D eigenvalue weighted by molar-refractivity contribution is 0.163. The van der Waals surface area contributed by atoms with Crippen LogP contribution >= 0.6 is 0 Å². The minimum atomic E-state index is -2.41. The summed E-state index contributed by atoms with van der Waals surface area (Å²) in [5.74, 6) is 1.82. The molecule has 4 nitrogen and oxygen atoms in total. The molecule has 0 radical (unpaired) electrons. The van der Waals surface area contributed by atoms with Crippen LogP contribution in [0.4, 0.5) is 20.4 Å². The fourth-order valence-corrected chi connectivity index (χ4v) is 1.61. The molecule has 1 aromatic rings. The highest BCUT2D eigenvalue weighted by molar-refractivity contribution is 5.57. The van der Waals surface area contributed by atoms with Gasteiger partial charge < -0.3 is 10.6 Å². The van der Waals surface area contributed by atoms with E-state index < -0.39 is 13.0 Å². The van der Waals surface area contributed by atoms with Gasteiger partial charge in [0, 0.05) is 17.5 Å². The molecule has 1 rings (SSSR count). The van der Waals surface area contributed by atoms with Crippen molar-refractivity contribution in [2.24, 2.45) is 0 Å². The summed E-state index contributed by atoms with van der Waals surface area (Å²) in [4.78, 5) is 8.91.